The first kappa shape index (κ1) is 12.8. The van der Waals surface area contributed by atoms with Crippen LogP contribution >= 0.6 is 0 Å². The molecule has 0 aliphatic carbocycles. The lowest BCUT2D eigenvalue weighted by Gasteiger charge is -2.12. The highest BCUT2D eigenvalue weighted by molar-refractivity contribution is 7.89. The summed E-state index contributed by atoms with van der Waals surface area (Å²) in [5.74, 6) is -0.0359. The molecule has 0 amide bonds. The number of ether oxygens (including phenoxy) is 1. The summed E-state index contributed by atoms with van der Waals surface area (Å²) in [6.45, 7) is 4.70. The molecule has 0 radical (unpaired) electrons. The van der Waals surface area contributed by atoms with Crippen LogP contribution in [0, 0.1) is 0 Å². The van der Waals surface area contributed by atoms with E-state index in [4.69, 9.17) is 10.5 Å². The highest BCUT2D eigenvalue weighted by Crippen LogP contribution is 1.90. The fourth-order valence-corrected chi connectivity index (χ4v) is 1.76. The maximum Gasteiger partial charge on any atom is 0.212 e. The summed E-state index contributed by atoms with van der Waals surface area (Å²) in [6, 6.07) is 0. The standard InChI is InChI=1S/C7H18N2O3S/c1-3-12-7(2)6-9-13(10,11)5-4-8/h7,9H,3-6,8H2,1-2H3. The third kappa shape index (κ3) is 6.94. The highest BCUT2D eigenvalue weighted by Gasteiger charge is 2.10. The van der Waals surface area contributed by atoms with E-state index in [1.807, 2.05) is 13.8 Å². The maximum absolute atomic E-state index is 11.1. The van der Waals surface area contributed by atoms with Crippen molar-refractivity contribution in [3.63, 3.8) is 0 Å². The van der Waals surface area contributed by atoms with Crippen LogP contribution in [0.3, 0.4) is 0 Å². The van der Waals surface area contributed by atoms with E-state index in [1.165, 1.54) is 0 Å². The lowest BCUT2D eigenvalue weighted by atomic mass is 10.4. The topological polar surface area (TPSA) is 81.4 Å². The van der Waals surface area contributed by atoms with Crippen molar-refractivity contribution in [3.8, 4) is 0 Å². The fourth-order valence-electron chi connectivity index (χ4n) is 0.815. The summed E-state index contributed by atoms with van der Waals surface area (Å²) >= 11 is 0. The molecule has 0 aromatic carbocycles. The van der Waals surface area contributed by atoms with E-state index in [1.54, 1.807) is 0 Å². The lowest BCUT2D eigenvalue weighted by Crippen LogP contribution is -2.35. The summed E-state index contributed by atoms with van der Waals surface area (Å²) in [7, 11) is -3.20. The fraction of sp³-hybridized carbons (Fsp3) is 1.00. The van der Waals surface area contributed by atoms with Crippen molar-refractivity contribution in [2.75, 3.05) is 25.4 Å². The van der Waals surface area contributed by atoms with Crippen LogP contribution < -0.4 is 10.5 Å². The highest BCUT2D eigenvalue weighted by atomic mass is 32.2. The SMILES string of the molecule is CCOC(C)CNS(=O)(=O)CCN. The van der Waals surface area contributed by atoms with Gasteiger partial charge in [-0.1, -0.05) is 0 Å². The molecule has 6 heteroatoms. The first-order valence-electron chi connectivity index (χ1n) is 4.31. The molecule has 0 aliphatic heterocycles. The normalized spacial score (nSPS) is 14.4. The summed E-state index contributed by atoms with van der Waals surface area (Å²) in [4.78, 5) is 0. The van der Waals surface area contributed by atoms with Crippen molar-refractivity contribution in [2.45, 2.75) is 20.0 Å². The number of rotatable bonds is 7. The number of nitrogens with two attached hydrogens (primary N) is 1. The van der Waals surface area contributed by atoms with Gasteiger partial charge in [0.25, 0.3) is 0 Å². The van der Waals surface area contributed by atoms with Crippen LogP contribution in [0.15, 0.2) is 0 Å². The smallest absolute Gasteiger partial charge is 0.212 e. The molecule has 0 rings (SSSR count). The Hall–Kier alpha value is -0.170. The molecule has 13 heavy (non-hydrogen) atoms. The number of nitrogens with one attached hydrogen (secondary N) is 1. The number of sulfonamides is 1. The van der Waals surface area contributed by atoms with Crippen LogP contribution in [0.5, 0.6) is 0 Å². The van der Waals surface area contributed by atoms with Gasteiger partial charge in [0.2, 0.25) is 10.0 Å². The molecule has 0 heterocycles. The summed E-state index contributed by atoms with van der Waals surface area (Å²) in [5.41, 5.74) is 5.13. The molecule has 0 bridgehead atoms. The molecule has 0 aliphatic rings. The van der Waals surface area contributed by atoms with Crippen LogP contribution in [-0.4, -0.2) is 40.0 Å². The molecule has 1 atom stereocenters. The van der Waals surface area contributed by atoms with Gasteiger partial charge in [-0.3, -0.25) is 0 Å². The predicted octanol–water partition coefficient (Wildman–Crippen LogP) is -0.710. The van der Waals surface area contributed by atoms with E-state index in [0.717, 1.165) is 0 Å². The molecule has 1 unspecified atom stereocenters. The molecule has 0 aromatic rings. The van der Waals surface area contributed by atoms with Crippen molar-refractivity contribution in [2.24, 2.45) is 5.73 Å². The summed E-state index contributed by atoms with van der Waals surface area (Å²) in [5, 5.41) is 0. The lowest BCUT2D eigenvalue weighted by molar-refractivity contribution is 0.0799. The predicted molar refractivity (Wildman–Crippen MR) is 51.9 cm³/mol. The molecule has 0 saturated carbocycles. The van der Waals surface area contributed by atoms with E-state index in [-0.39, 0.29) is 18.4 Å². The second-order valence-corrected chi connectivity index (χ2v) is 4.65. The summed E-state index contributed by atoms with van der Waals surface area (Å²) in [6.07, 6.45) is -0.0995. The minimum atomic E-state index is -3.20. The molecule has 0 spiro atoms. The largest absolute Gasteiger partial charge is 0.377 e. The van der Waals surface area contributed by atoms with Crippen LogP contribution in [0.25, 0.3) is 0 Å². The van der Waals surface area contributed by atoms with Gasteiger partial charge in [0, 0.05) is 19.7 Å². The van der Waals surface area contributed by atoms with E-state index in [9.17, 15) is 8.42 Å². The van der Waals surface area contributed by atoms with Gasteiger partial charge in [0.15, 0.2) is 0 Å². The van der Waals surface area contributed by atoms with Crippen LogP contribution in [0.4, 0.5) is 0 Å². The average Bonchev–Trinajstić information content (AvgIpc) is 2.02. The molecular formula is C7H18N2O3S. The van der Waals surface area contributed by atoms with Crippen molar-refractivity contribution < 1.29 is 13.2 Å². The Morgan fingerprint density at radius 1 is 1.54 bits per heavy atom. The zero-order valence-corrected chi connectivity index (χ0v) is 8.93. The molecule has 5 nitrogen and oxygen atoms in total. The van der Waals surface area contributed by atoms with Gasteiger partial charge in [-0.05, 0) is 13.8 Å². The van der Waals surface area contributed by atoms with E-state index in [0.29, 0.717) is 13.2 Å². The van der Waals surface area contributed by atoms with Crippen molar-refractivity contribution in [3.05, 3.63) is 0 Å². The second-order valence-electron chi connectivity index (χ2n) is 2.72. The minimum absolute atomic E-state index is 0.0359. The Morgan fingerprint density at radius 2 is 2.15 bits per heavy atom. The van der Waals surface area contributed by atoms with Gasteiger partial charge in [-0.25, -0.2) is 13.1 Å². The Balaban J connectivity index is 3.74. The van der Waals surface area contributed by atoms with Crippen LogP contribution in [0.1, 0.15) is 13.8 Å². The zero-order chi connectivity index (χ0) is 10.3. The van der Waals surface area contributed by atoms with E-state index < -0.39 is 10.0 Å². The molecule has 3 N–H and O–H groups in total. The summed E-state index contributed by atoms with van der Waals surface area (Å²) < 4.78 is 29.8. The zero-order valence-electron chi connectivity index (χ0n) is 8.12. The van der Waals surface area contributed by atoms with Crippen LogP contribution in [0.2, 0.25) is 0 Å². The first-order valence-corrected chi connectivity index (χ1v) is 5.96. The van der Waals surface area contributed by atoms with Crippen LogP contribution in [-0.2, 0) is 14.8 Å². The van der Waals surface area contributed by atoms with Gasteiger partial charge in [-0.2, -0.15) is 0 Å². The van der Waals surface area contributed by atoms with Gasteiger partial charge in [0.05, 0.1) is 11.9 Å². The van der Waals surface area contributed by atoms with Gasteiger partial charge < -0.3 is 10.5 Å². The van der Waals surface area contributed by atoms with Gasteiger partial charge in [0.1, 0.15) is 0 Å². The molecule has 0 saturated heterocycles. The first-order chi connectivity index (χ1) is 6.02. The number of hydrogen-bond donors (Lipinski definition) is 2. The molecular weight excluding hydrogens is 192 g/mol. The second kappa shape index (κ2) is 6.31. The maximum atomic E-state index is 11.1. The van der Waals surface area contributed by atoms with Gasteiger partial charge in [-0.15, -0.1) is 0 Å². The average molecular weight is 210 g/mol. The Morgan fingerprint density at radius 3 is 2.62 bits per heavy atom. The minimum Gasteiger partial charge on any atom is -0.377 e. The Bertz CT molecular complexity index is 216. The molecule has 0 aromatic heterocycles. The quantitative estimate of drug-likeness (QED) is 0.581. The van der Waals surface area contributed by atoms with Crippen molar-refractivity contribution in [1.82, 2.24) is 4.72 Å². The molecule has 80 valence electrons. The van der Waals surface area contributed by atoms with E-state index >= 15 is 0 Å². The monoisotopic (exact) mass is 210 g/mol. The number of hydrogen-bond acceptors (Lipinski definition) is 4. The van der Waals surface area contributed by atoms with Crippen molar-refractivity contribution in [1.29, 1.82) is 0 Å². The van der Waals surface area contributed by atoms with E-state index in [2.05, 4.69) is 4.72 Å². The van der Waals surface area contributed by atoms with Crippen molar-refractivity contribution >= 4 is 10.0 Å². The Labute approximate surface area is 79.7 Å². The van der Waals surface area contributed by atoms with Gasteiger partial charge >= 0.3 is 0 Å². The Kier molecular flexibility index (Phi) is 6.23. The third-order valence-electron chi connectivity index (χ3n) is 1.43. The molecule has 0 fully saturated rings. The third-order valence-corrected chi connectivity index (χ3v) is 2.81.